The summed E-state index contributed by atoms with van der Waals surface area (Å²) in [4.78, 5) is 39.1. The van der Waals surface area contributed by atoms with Gasteiger partial charge in [0.05, 0.1) is 72.5 Å². The molecule has 0 unspecified atom stereocenters. The summed E-state index contributed by atoms with van der Waals surface area (Å²) in [5.41, 5.74) is 8.71. The molecule has 2 aromatic carbocycles. The number of halogens is 2. The van der Waals surface area contributed by atoms with Gasteiger partial charge in [-0.25, -0.2) is 54.2 Å². The summed E-state index contributed by atoms with van der Waals surface area (Å²) in [5, 5.41) is 57.6. The van der Waals surface area contributed by atoms with Crippen molar-refractivity contribution in [1.82, 2.24) is 19.9 Å². The van der Waals surface area contributed by atoms with Crippen LogP contribution in [-0.4, -0.2) is 174 Å². The van der Waals surface area contributed by atoms with E-state index in [0.29, 0.717) is 51.1 Å². The Balaban J connectivity index is 0.000000651. The zero-order valence-corrected chi connectivity index (χ0v) is 42.4. The summed E-state index contributed by atoms with van der Waals surface area (Å²) in [6.45, 7) is 11.3. The van der Waals surface area contributed by atoms with Crippen LogP contribution in [0.25, 0.3) is 34.7 Å². The molecule has 0 aliphatic rings. The van der Waals surface area contributed by atoms with Gasteiger partial charge in [0, 0.05) is 49.2 Å². The van der Waals surface area contributed by atoms with E-state index in [9.17, 15) is 55.6 Å². The predicted molar refractivity (Wildman–Crippen MR) is 273 cm³/mol. The molecule has 4 rings (SSSR count). The van der Waals surface area contributed by atoms with E-state index >= 15 is 0 Å². The van der Waals surface area contributed by atoms with Crippen molar-refractivity contribution >= 4 is 93.8 Å². The second-order valence-corrected chi connectivity index (χ2v) is 21.2. The van der Waals surface area contributed by atoms with E-state index in [-0.39, 0.29) is 74.3 Å². The molecule has 0 bridgehead atoms. The van der Waals surface area contributed by atoms with E-state index in [1.807, 2.05) is 41.5 Å². The van der Waals surface area contributed by atoms with Gasteiger partial charge in [0.15, 0.2) is 0 Å². The number of sulfonamides is 2. The molecule has 8 N–H and O–H groups in total. The zero-order chi connectivity index (χ0) is 53.4. The third-order valence-corrected chi connectivity index (χ3v) is 11.9. The fraction of sp³-hybridized carbons (Fsp3) is 0.447. The van der Waals surface area contributed by atoms with Gasteiger partial charge in [-0.15, -0.1) is 0 Å². The molecule has 2 heterocycles. The maximum absolute atomic E-state index is 13.5. The van der Waals surface area contributed by atoms with Crippen molar-refractivity contribution in [3.8, 4) is 22.5 Å². The molecule has 0 aliphatic carbocycles. The Morgan fingerprint density at radius 1 is 0.606 bits per heavy atom. The van der Waals surface area contributed by atoms with Crippen LogP contribution in [0, 0.1) is 11.6 Å². The molecule has 19 nitrogen and oxygen atoms in total. The zero-order valence-electron chi connectivity index (χ0n) is 40.8. The van der Waals surface area contributed by atoms with E-state index < -0.39 is 80.9 Å². The van der Waals surface area contributed by atoms with E-state index in [2.05, 4.69) is 19.9 Å². The van der Waals surface area contributed by atoms with Crippen molar-refractivity contribution in [2.45, 2.75) is 110 Å². The summed E-state index contributed by atoms with van der Waals surface area (Å²) in [7, 11) is -4.65. The Morgan fingerprint density at radius 2 is 0.887 bits per heavy atom. The average Bonchev–Trinajstić information content (AvgIpc) is 3.23. The third kappa shape index (κ3) is 22.0. The maximum atomic E-state index is 13.5. The fourth-order valence-electron chi connectivity index (χ4n) is 6.09. The number of carboxylic acid groups (broad SMARTS) is 2. The van der Waals surface area contributed by atoms with Crippen molar-refractivity contribution in [1.29, 1.82) is 0 Å². The van der Waals surface area contributed by atoms with Crippen molar-refractivity contribution in [2.24, 2.45) is 5.73 Å². The number of hydrogen-bond donors (Lipinski definition) is 7. The number of aliphatic hydroxyl groups excluding tert-OH is 4. The van der Waals surface area contributed by atoms with Gasteiger partial charge in [0.2, 0.25) is 31.9 Å². The molecule has 24 heteroatoms. The molecule has 0 radical (unpaired) electrons. The number of carboxylic acids is 2. The van der Waals surface area contributed by atoms with Gasteiger partial charge in [0.25, 0.3) is 0 Å². The van der Waals surface area contributed by atoms with Gasteiger partial charge in [-0.1, -0.05) is 65.8 Å². The first-order valence-electron chi connectivity index (χ1n) is 21.8. The van der Waals surface area contributed by atoms with E-state index in [4.69, 9.17) is 15.9 Å². The fourth-order valence-corrected chi connectivity index (χ4v) is 6.85. The van der Waals surface area contributed by atoms with Gasteiger partial charge in [0.1, 0.15) is 11.6 Å². The van der Waals surface area contributed by atoms with Crippen LogP contribution in [-0.2, 0) is 29.6 Å². The van der Waals surface area contributed by atoms with Crippen LogP contribution in [0.1, 0.15) is 102 Å². The van der Waals surface area contributed by atoms with E-state index in [0.717, 1.165) is 21.1 Å². The Kier molecular flexibility index (Phi) is 26.5. The first-order valence-corrected chi connectivity index (χ1v) is 25.5. The van der Waals surface area contributed by atoms with Crippen LogP contribution in [0.5, 0.6) is 0 Å². The van der Waals surface area contributed by atoms with Crippen LogP contribution in [0.4, 0.5) is 20.7 Å². The standard InChI is InChI=1S/2C22H28FN3O6S.C3H9N.Ca.2H/c2*1-13(2)20-18(10-9-16(27)11-17(28)12-19(29)30)21(14-5-7-15(23)8-6-14)25-22(24-20)26(3)33(4,31)32;1-3(2)4;;;/h2*5-10,13,16-17,27-28H,11-12H2,1-4H3,(H,29,30);3H,4H2,1-2H3;;;/t2*16-,17-;;;;/m11..../s1. The Labute approximate surface area is 444 Å². The summed E-state index contributed by atoms with van der Waals surface area (Å²) in [6.07, 6.45) is 1.72. The molecule has 0 saturated carbocycles. The molecular weight excluding hydrogens is 997 g/mol. The Morgan fingerprint density at radius 3 is 1.13 bits per heavy atom. The van der Waals surface area contributed by atoms with Gasteiger partial charge in [-0.05, 0) is 66.4 Å². The molecule has 2 aromatic heterocycles. The number of anilines is 2. The van der Waals surface area contributed by atoms with Crippen LogP contribution in [0.2, 0.25) is 0 Å². The van der Waals surface area contributed by atoms with E-state index in [1.54, 1.807) is 0 Å². The molecule has 0 amide bonds. The summed E-state index contributed by atoms with van der Waals surface area (Å²) < 4.78 is 77.2. The van der Waals surface area contributed by atoms with Gasteiger partial charge < -0.3 is 36.4 Å². The first-order chi connectivity index (χ1) is 32.3. The first kappa shape index (κ1) is 64.5. The van der Waals surface area contributed by atoms with E-state index in [1.165, 1.54) is 86.9 Å². The molecular formula is C47H67CaF2N7O12S2. The number of aromatic nitrogens is 4. The molecule has 71 heavy (non-hydrogen) atoms. The molecule has 0 aliphatic heterocycles. The summed E-state index contributed by atoms with van der Waals surface area (Å²) >= 11 is 0. The number of carbonyl (C=O) groups is 2. The summed E-state index contributed by atoms with van der Waals surface area (Å²) in [5.74, 6) is -3.74. The van der Waals surface area contributed by atoms with Gasteiger partial charge in [-0.2, -0.15) is 0 Å². The molecule has 0 fully saturated rings. The van der Waals surface area contributed by atoms with Crippen molar-refractivity contribution in [2.75, 3.05) is 35.2 Å². The van der Waals surface area contributed by atoms with Crippen molar-refractivity contribution in [3.05, 3.63) is 94.8 Å². The number of benzene rings is 2. The van der Waals surface area contributed by atoms with Crippen LogP contribution in [0.3, 0.4) is 0 Å². The number of rotatable bonds is 20. The van der Waals surface area contributed by atoms with Gasteiger partial charge in [-0.3, -0.25) is 9.59 Å². The number of aliphatic hydroxyl groups is 4. The Bertz CT molecular complexity index is 2480. The number of nitrogens with zero attached hydrogens (tertiary/aromatic N) is 6. The topological polar surface area (TPSA) is 308 Å². The molecule has 0 spiro atoms. The SMILES string of the molecule is CC(C)N.CC(C)c1nc(N(C)S(C)(=O)=O)nc(-c2ccc(F)cc2)c1C=C[C@@H](O)C[C@@H](O)CC(=O)O.CC(C)c1nc(N(C)S(C)(=O)=O)nc(-c2ccc(F)cc2)c1C=C[C@@H](O)C[C@@H](O)CC(=O)O.[CaH2]. The van der Waals surface area contributed by atoms with Crippen molar-refractivity contribution in [3.63, 3.8) is 0 Å². The van der Waals surface area contributed by atoms with Crippen LogP contribution >= 0.6 is 0 Å². The molecule has 0 saturated heterocycles. The molecule has 4 atom stereocenters. The predicted octanol–water partition coefficient (Wildman–Crippen LogP) is 4.24. The minimum atomic E-state index is -3.65. The second-order valence-electron chi connectivity index (χ2n) is 17.2. The Hall–Kier alpha value is -4.56. The monoisotopic (exact) mass is 1060 g/mol. The van der Waals surface area contributed by atoms with Crippen molar-refractivity contribution < 1.29 is 65.8 Å². The average molecular weight is 1060 g/mol. The number of aliphatic carboxylic acids is 2. The number of nitrogens with two attached hydrogens (primary N) is 1. The van der Waals surface area contributed by atoms with Gasteiger partial charge >= 0.3 is 49.7 Å². The van der Waals surface area contributed by atoms with Crippen LogP contribution < -0.4 is 14.3 Å². The molecule has 390 valence electrons. The van der Waals surface area contributed by atoms with Crippen LogP contribution in [0.15, 0.2) is 60.7 Å². The molecule has 4 aromatic rings. The minimum absolute atomic E-state index is 0. The second kappa shape index (κ2) is 29.2. The number of hydrogen-bond acceptors (Lipinski definition) is 15. The third-order valence-electron chi connectivity index (χ3n) is 9.63. The summed E-state index contributed by atoms with van der Waals surface area (Å²) in [6, 6.07) is 11.3. The normalized spacial score (nSPS) is 13.5. The quantitative estimate of drug-likeness (QED) is 0.0609.